The van der Waals surface area contributed by atoms with Gasteiger partial charge in [0.2, 0.25) is 0 Å². The summed E-state index contributed by atoms with van der Waals surface area (Å²) in [5.41, 5.74) is 6.00. The molecule has 1 saturated heterocycles. The van der Waals surface area contributed by atoms with Crippen LogP contribution in [0, 0.1) is 5.92 Å². The van der Waals surface area contributed by atoms with Gasteiger partial charge in [0.05, 0.1) is 23.9 Å². The van der Waals surface area contributed by atoms with Crippen molar-refractivity contribution in [1.82, 2.24) is 9.47 Å². The summed E-state index contributed by atoms with van der Waals surface area (Å²) in [6.45, 7) is 5.77. The fourth-order valence-corrected chi connectivity index (χ4v) is 5.91. The number of hydrogen-bond donors (Lipinski definition) is 1. The first-order valence-corrected chi connectivity index (χ1v) is 13.2. The first kappa shape index (κ1) is 23.0. The van der Waals surface area contributed by atoms with Gasteiger partial charge in [-0.15, -0.1) is 0 Å². The van der Waals surface area contributed by atoms with E-state index in [4.69, 9.17) is 0 Å². The van der Waals surface area contributed by atoms with Gasteiger partial charge in [0.1, 0.15) is 0 Å². The molecule has 5 aromatic rings. The lowest BCUT2D eigenvalue weighted by Crippen LogP contribution is -2.39. The molecule has 36 heavy (non-hydrogen) atoms. The number of aromatic nitrogens is 1. The van der Waals surface area contributed by atoms with Crippen LogP contribution in [-0.2, 0) is 6.54 Å². The van der Waals surface area contributed by atoms with Gasteiger partial charge in [-0.1, -0.05) is 104 Å². The molecule has 0 aliphatic carbocycles. The Kier molecular flexibility index (Phi) is 6.35. The van der Waals surface area contributed by atoms with Crippen molar-refractivity contribution in [1.29, 1.82) is 0 Å². The average molecular weight is 475 g/mol. The number of aliphatic hydroxyl groups is 1. The highest BCUT2D eigenvalue weighted by Gasteiger charge is 2.24. The molecule has 0 saturated carbocycles. The van der Waals surface area contributed by atoms with Crippen molar-refractivity contribution >= 4 is 21.7 Å². The Morgan fingerprint density at radius 1 is 0.722 bits per heavy atom. The van der Waals surface area contributed by atoms with E-state index in [0.717, 1.165) is 19.0 Å². The molecule has 1 N–H and O–H groups in total. The first-order valence-electron chi connectivity index (χ1n) is 13.2. The van der Waals surface area contributed by atoms with E-state index in [9.17, 15) is 5.11 Å². The van der Waals surface area contributed by atoms with Gasteiger partial charge >= 0.3 is 0 Å². The fraction of sp³-hybridized carbons (Fsp3) is 0.273. The van der Waals surface area contributed by atoms with Crippen molar-refractivity contribution in [2.24, 2.45) is 5.92 Å². The molecule has 3 nitrogen and oxygen atoms in total. The SMILES string of the molecule is CC1CCN(C[C@@H](O)Cn2c(-c3ccccc3)c(-c3ccccc3)c3ccc4ccccc4c32)CC1. The molecule has 4 aromatic carbocycles. The Hall–Kier alpha value is -3.40. The zero-order valence-electron chi connectivity index (χ0n) is 21.0. The Morgan fingerprint density at radius 3 is 2.08 bits per heavy atom. The predicted molar refractivity (Wildman–Crippen MR) is 151 cm³/mol. The fourth-order valence-electron chi connectivity index (χ4n) is 5.91. The van der Waals surface area contributed by atoms with Gasteiger partial charge in [0.25, 0.3) is 0 Å². The Morgan fingerprint density at radius 2 is 1.36 bits per heavy atom. The van der Waals surface area contributed by atoms with Gasteiger partial charge in [-0.25, -0.2) is 0 Å². The highest BCUT2D eigenvalue weighted by molar-refractivity contribution is 6.15. The second kappa shape index (κ2) is 9.93. The lowest BCUT2D eigenvalue weighted by atomic mass is 9.97. The van der Waals surface area contributed by atoms with E-state index in [1.54, 1.807) is 0 Å². The normalized spacial score (nSPS) is 16.1. The molecule has 0 spiro atoms. The van der Waals surface area contributed by atoms with Crippen molar-refractivity contribution in [2.75, 3.05) is 19.6 Å². The maximum absolute atomic E-state index is 11.4. The Bertz CT molecular complexity index is 1460. The number of β-amino-alcohol motifs (C(OH)–C–C–N with tert-alkyl or cyclic N) is 1. The van der Waals surface area contributed by atoms with Crippen LogP contribution in [0.5, 0.6) is 0 Å². The van der Waals surface area contributed by atoms with E-state index in [2.05, 4.69) is 113 Å². The molecule has 0 amide bonds. The van der Waals surface area contributed by atoms with Crippen molar-refractivity contribution in [3.63, 3.8) is 0 Å². The molecule has 1 atom stereocenters. The number of nitrogens with zero attached hydrogens (tertiary/aromatic N) is 2. The van der Waals surface area contributed by atoms with Gasteiger partial charge < -0.3 is 14.6 Å². The molecule has 1 aromatic heterocycles. The molecule has 1 fully saturated rings. The molecule has 0 bridgehead atoms. The van der Waals surface area contributed by atoms with Crippen LogP contribution in [0.15, 0.2) is 97.1 Å². The maximum atomic E-state index is 11.4. The van der Waals surface area contributed by atoms with Crippen LogP contribution in [-0.4, -0.2) is 40.3 Å². The summed E-state index contributed by atoms with van der Waals surface area (Å²) < 4.78 is 2.40. The topological polar surface area (TPSA) is 28.4 Å². The minimum Gasteiger partial charge on any atom is -0.390 e. The highest BCUT2D eigenvalue weighted by Crippen LogP contribution is 2.43. The Balaban J connectivity index is 1.56. The minimum absolute atomic E-state index is 0.445. The lowest BCUT2D eigenvalue weighted by Gasteiger charge is -2.32. The van der Waals surface area contributed by atoms with E-state index in [1.807, 2.05) is 0 Å². The summed E-state index contributed by atoms with van der Waals surface area (Å²) >= 11 is 0. The second-order valence-corrected chi connectivity index (χ2v) is 10.4. The van der Waals surface area contributed by atoms with Crippen LogP contribution in [0.3, 0.4) is 0 Å². The van der Waals surface area contributed by atoms with Crippen LogP contribution in [0.25, 0.3) is 44.1 Å². The van der Waals surface area contributed by atoms with Crippen LogP contribution < -0.4 is 0 Å². The number of fused-ring (bicyclic) bond motifs is 3. The lowest BCUT2D eigenvalue weighted by molar-refractivity contribution is 0.0813. The van der Waals surface area contributed by atoms with Gasteiger partial charge in [-0.3, -0.25) is 0 Å². The molecular formula is C33H34N2O. The van der Waals surface area contributed by atoms with E-state index in [1.165, 1.54) is 56.9 Å². The van der Waals surface area contributed by atoms with Gasteiger partial charge in [-0.05, 0) is 48.4 Å². The summed E-state index contributed by atoms with van der Waals surface area (Å²) in [4.78, 5) is 2.44. The zero-order valence-corrected chi connectivity index (χ0v) is 21.0. The smallest absolute Gasteiger partial charge is 0.0845 e. The zero-order chi connectivity index (χ0) is 24.5. The quantitative estimate of drug-likeness (QED) is 0.281. The van der Waals surface area contributed by atoms with E-state index < -0.39 is 6.10 Å². The minimum atomic E-state index is -0.445. The summed E-state index contributed by atoms with van der Waals surface area (Å²) in [6.07, 6.45) is 1.99. The van der Waals surface area contributed by atoms with E-state index in [0.29, 0.717) is 13.1 Å². The number of aliphatic hydroxyl groups excluding tert-OH is 1. The third kappa shape index (κ3) is 4.34. The first-order chi connectivity index (χ1) is 17.7. The molecule has 1 aliphatic rings. The average Bonchev–Trinajstić information content (AvgIpc) is 3.25. The molecule has 2 heterocycles. The van der Waals surface area contributed by atoms with E-state index >= 15 is 0 Å². The van der Waals surface area contributed by atoms with Crippen LogP contribution in [0.2, 0.25) is 0 Å². The standard InChI is InChI=1S/C33H34N2O/c1-24-18-20-34(21-19-24)22-28(36)23-35-32(27-13-6-3-7-14-27)31(26-11-4-2-5-12-26)30-17-16-25-10-8-9-15-29(25)33(30)35/h2-17,24,28,36H,18-23H2,1H3/t28-/m1/s1. The summed E-state index contributed by atoms with van der Waals surface area (Å²) in [5.74, 6) is 0.788. The maximum Gasteiger partial charge on any atom is 0.0845 e. The predicted octanol–water partition coefficient (Wildman–Crippen LogP) is 7.22. The van der Waals surface area contributed by atoms with Crippen LogP contribution in [0.1, 0.15) is 19.8 Å². The molecule has 1 aliphatic heterocycles. The second-order valence-electron chi connectivity index (χ2n) is 10.4. The Labute approximate surface area is 213 Å². The van der Waals surface area contributed by atoms with Crippen LogP contribution in [0.4, 0.5) is 0 Å². The van der Waals surface area contributed by atoms with Crippen molar-refractivity contribution in [3.05, 3.63) is 97.1 Å². The molecule has 182 valence electrons. The molecule has 3 heteroatoms. The number of hydrogen-bond acceptors (Lipinski definition) is 2. The molecule has 6 rings (SSSR count). The van der Waals surface area contributed by atoms with Crippen LogP contribution >= 0.6 is 0 Å². The number of rotatable bonds is 6. The van der Waals surface area contributed by atoms with Gasteiger partial charge in [-0.2, -0.15) is 0 Å². The van der Waals surface area contributed by atoms with Crippen molar-refractivity contribution in [3.8, 4) is 22.4 Å². The van der Waals surface area contributed by atoms with Crippen molar-refractivity contribution < 1.29 is 5.11 Å². The molecule has 0 radical (unpaired) electrons. The van der Waals surface area contributed by atoms with Gasteiger partial charge in [0, 0.05) is 22.9 Å². The highest BCUT2D eigenvalue weighted by atomic mass is 16.3. The molecular weight excluding hydrogens is 440 g/mol. The van der Waals surface area contributed by atoms with Crippen molar-refractivity contribution in [2.45, 2.75) is 32.4 Å². The summed E-state index contributed by atoms with van der Waals surface area (Å²) in [6, 6.07) is 34.5. The largest absolute Gasteiger partial charge is 0.390 e. The number of benzene rings is 4. The third-order valence-corrected chi connectivity index (χ3v) is 7.79. The summed E-state index contributed by atoms with van der Waals surface area (Å²) in [5, 5.41) is 15.1. The monoisotopic (exact) mass is 474 g/mol. The van der Waals surface area contributed by atoms with Gasteiger partial charge in [0.15, 0.2) is 0 Å². The van der Waals surface area contributed by atoms with E-state index in [-0.39, 0.29) is 0 Å². The summed E-state index contributed by atoms with van der Waals surface area (Å²) in [7, 11) is 0. The molecule has 0 unspecified atom stereocenters. The number of likely N-dealkylation sites (tertiary alicyclic amines) is 1. The third-order valence-electron chi connectivity index (χ3n) is 7.79. The number of piperidine rings is 1.